The fraction of sp³-hybridized carbons (Fsp3) is 0.875. The first kappa shape index (κ1) is 12.4. The Morgan fingerprint density at radius 3 is 2.15 bits per heavy atom. The van der Waals surface area contributed by atoms with Crippen molar-refractivity contribution in [2.45, 2.75) is 26.8 Å². The first-order chi connectivity index (χ1) is 5.83. The van der Waals surface area contributed by atoms with Crippen LogP contribution in [0.25, 0.3) is 0 Å². The summed E-state index contributed by atoms with van der Waals surface area (Å²) in [5.74, 6) is -0.195. The Hall–Kier alpha value is -0.600. The van der Waals surface area contributed by atoms with Crippen LogP contribution in [-0.4, -0.2) is 31.6 Å². The molecule has 0 fully saturated rings. The monoisotopic (exact) mass is 204 g/mol. The van der Waals surface area contributed by atoms with Crippen LogP contribution in [0.2, 0.25) is 0 Å². The normalized spacial score (nSPS) is 14.5. The van der Waals surface area contributed by atoms with E-state index in [-0.39, 0.29) is 12.0 Å². The Morgan fingerprint density at radius 1 is 1.38 bits per heavy atom. The zero-order valence-corrected chi connectivity index (χ0v) is 9.30. The van der Waals surface area contributed by atoms with E-state index in [0.29, 0.717) is 0 Å². The van der Waals surface area contributed by atoms with Crippen molar-refractivity contribution in [2.24, 2.45) is 5.92 Å². The molecule has 1 atom stereocenters. The number of sulfonamides is 1. The van der Waals surface area contributed by atoms with Gasteiger partial charge in [0.05, 0.1) is 6.07 Å². The van der Waals surface area contributed by atoms with E-state index in [2.05, 4.69) is 0 Å². The average molecular weight is 204 g/mol. The summed E-state index contributed by atoms with van der Waals surface area (Å²) in [6.45, 7) is 5.73. The Bertz CT molecular complexity index is 290. The van der Waals surface area contributed by atoms with Gasteiger partial charge in [0.1, 0.15) is 0 Å². The maximum atomic E-state index is 11.4. The number of nitriles is 1. The molecule has 0 N–H and O–H groups in total. The molecule has 0 bridgehead atoms. The summed E-state index contributed by atoms with van der Waals surface area (Å²) >= 11 is 0. The van der Waals surface area contributed by atoms with Crippen molar-refractivity contribution < 1.29 is 8.42 Å². The maximum absolute atomic E-state index is 11.4. The lowest BCUT2D eigenvalue weighted by Crippen LogP contribution is -2.39. The van der Waals surface area contributed by atoms with Gasteiger partial charge in [-0.3, -0.25) is 0 Å². The molecule has 5 heteroatoms. The lowest BCUT2D eigenvalue weighted by atomic mass is 10.1. The van der Waals surface area contributed by atoms with Gasteiger partial charge in [0.25, 0.3) is 0 Å². The molecule has 0 aliphatic heterocycles. The van der Waals surface area contributed by atoms with Crippen molar-refractivity contribution in [2.75, 3.05) is 12.8 Å². The predicted octanol–water partition coefficient (Wildman–Crippen LogP) is 0.816. The van der Waals surface area contributed by atoms with E-state index in [1.54, 1.807) is 6.07 Å². The van der Waals surface area contributed by atoms with Crippen LogP contribution >= 0.6 is 0 Å². The minimum atomic E-state index is -3.38. The van der Waals surface area contributed by atoms with Crippen LogP contribution in [0.3, 0.4) is 0 Å². The smallest absolute Gasteiger partial charge is 0.211 e. The van der Waals surface area contributed by atoms with E-state index < -0.39 is 15.8 Å². The van der Waals surface area contributed by atoms with Crippen LogP contribution in [0.5, 0.6) is 0 Å². The van der Waals surface area contributed by atoms with Crippen LogP contribution in [0.1, 0.15) is 20.8 Å². The molecule has 0 spiro atoms. The Kier molecular flexibility index (Phi) is 4.37. The van der Waals surface area contributed by atoms with Gasteiger partial charge in [-0.05, 0) is 12.8 Å². The predicted molar refractivity (Wildman–Crippen MR) is 51.5 cm³/mol. The standard InChI is InChI=1S/C8H16N2O2S/c1-7(2)8(3)10(4)13(11,12)6-5-9/h7-8H,6H2,1-4H3. The Balaban J connectivity index is 4.61. The van der Waals surface area contributed by atoms with Gasteiger partial charge in [-0.2, -0.15) is 5.26 Å². The van der Waals surface area contributed by atoms with Gasteiger partial charge >= 0.3 is 0 Å². The fourth-order valence-corrected chi connectivity index (χ4v) is 1.97. The molecule has 0 heterocycles. The summed E-state index contributed by atoms with van der Waals surface area (Å²) in [6, 6.07) is 1.58. The van der Waals surface area contributed by atoms with Crippen molar-refractivity contribution in [3.8, 4) is 6.07 Å². The van der Waals surface area contributed by atoms with E-state index in [4.69, 9.17) is 5.26 Å². The Morgan fingerprint density at radius 2 is 1.85 bits per heavy atom. The molecule has 76 valence electrons. The van der Waals surface area contributed by atoms with Gasteiger partial charge < -0.3 is 0 Å². The number of rotatable bonds is 4. The molecule has 0 aliphatic carbocycles. The maximum Gasteiger partial charge on any atom is 0.227 e. The lowest BCUT2D eigenvalue weighted by Gasteiger charge is -2.26. The first-order valence-electron chi connectivity index (χ1n) is 4.15. The zero-order chi connectivity index (χ0) is 10.6. The SMILES string of the molecule is CC(C)C(C)N(C)S(=O)(=O)CC#N. The molecule has 0 aromatic rings. The van der Waals surface area contributed by atoms with E-state index >= 15 is 0 Å². The third-order valence-corrected chi connectivity index (χ3v) is 3.93. The molecule has 0 radical (unpaired) electrons. The minimum Gasteiger partial charge on any atom is -0.211 e. The van der Waals surface area contributed by atoms with Crippen LogP contribution in [0, 0.1) is 17.2 Å². The highest BCUT2D eigenvalue weighted by Crippen LogP contribution is 2.12. The van der Waals surface area contributed by atoms with Crippen LogP contribution in [0.15, 0.2) is 0 Å². The molecule has 13 heavy (non-hydrogen) atoms. The van der Waals surface area contributed by atoms with Gasteiger partial charge in [0.15, 0.2) is 5.75 Å². The molecular formula is C8H16N2O2S. The fourth-order valence-electron chi connectivity index (χ4n) is 0.857. The number of hydrogen-bond donors (Lipinski definition) is 0. The number of hydrogen-bond acceptors (Lipinski definition) is 3. The van der Waals surface area contributed by atoms with Crippen molar-refractivity contribution in [3.63, 3.8) is 0 Å². The van der Waals surface area contributed by atoms with Gasteiger partial charge in [-0.25, -0.2) is 12.7 Å². The second kappa shape index (κ2) is 4.58. The van der Waals surface area contributed by atoms with Crippen LogP contribution < -0.4 is 0 Å². The molecule has 0 saturated carbocycles. The quantitative estimate of drug-likeness (QED) is 0.681. The van der Waals surface area contributed by atoms with Crippen molar-refractivity contribution >= 4 is 10.0 Å². The highest BCUT2D eigenvalue weighted by Gasteiger charge is 2.24. The molecule has 4 nitrogen and oxygen atoms in total. The summed E-state index contributed by atoms with van der Waals surface area (Å²) in [5.41, 5.74) is 0. The first-order valence-corrected chi connectivity index (χ1v) is 5.76. The topological polar surface area (TPSA) is 61.2 Å². The van der Waals surface area contributed by atoms with E-state index in [1.165, 1.54) is 11.4 Å². The molecule has 1 unspecified atom stereocenters. The minimum absolute atomic E-state index is 0.0710. The van der Waals surface area contributed by atoms with E-state index in [0.717, 1.165) is 0 Å². The van der Waals surface area contributed by atoms with Gasteiger partial charge in [0, 0.05) is 13.1 Å². The van der Waals surface area contributed by atoms with Crippen LogP contribution in [0.4, 0.5) is 0 Å². The van der Waals surface area contributed by atoms with Crippen LogP contribution in [-0.2, 0) is 10.0 Å². The molecule has 0 rings (SSSR count). The molecule has 0 aromatic heterocycles. The second-order valence-electron chi connectivity index (χ2n) is 3.42. The number of nitrogens with zero attached hydrogens (tertiary/aromatic N) is 2. The molecular weight excluding hydrogens is 188 g/mol. The second-order valence-corrected chi connectivity index (χ2v) is 5.44. The van der Waals surface area contributed by atoms with E-state index in [9.17, 15) is 8.42 Å². The van der Waals surface area contributed by atoms with Gasteiger partial charge in [-0.1, -0.05) is 13.8 Å². The average Bonchev–Trinajstić information content (AvgIpc) is 2.01. The summed E-state index contributed by atoms with van der Waals surface area (Å²) in [6.07, 6.45) is 0. The zero-order valence-electron chi connectivity index (χ0n) is 8.48. The third-order valence-electron chi connectivity index (χ3n) is 2.22. The highest BCUT2D eigenvalue weighted by atomic mass is 32.2. The highest BCUT2D eigenvalue weighted by molar-refractivity contribution is 7.89. The summed E-state index contributed by atoms with van der Waals surface area (Å²) in [4.78, 5) is 0. The molecule has 0 saturated heterocycles. The lowest BCUT2D eigenvalue weighted by molar-refractivity contribution is 0.317. The summed E-state index contributed by atoms with van der Waals surface area (Å²) in [5, 5.41) is 8.32. The summed E-state index contributed by atoms with van der Waals surface area (Å²) in [7, 11) is -1.87. The Labute approximate surface area is 80.2 Å². The summed E-state index contributed by atoms with van der Waals surface area (Å²) < 4.78 is 24.0. The van der Waals surface area contributed by atoms with Crippen molar-refractivity contribution in [3.05, 3.63) is 0 Å². The van der Waals surface area contributed by atoms with Crippen molar-refractivity contribution in [1.82, 2.24) is 4.31 Å². The largest absolute Gasteiger partial charge is 0.227 e. The molecule has 0 aliphatic rings. The molecule has 0 aromatic carbocycles. The van der Waals surface area contributed by atoms with Gasteiger partial charge in [-0.15, -0.1) is 0 Å². The van der Waals surface area contributed by atoms with E-state index in [1.807, 2.05) is 20.8 Å². The molecule has 0 amide bonds. The third kappa shape index (κ3) is 3.33. The van der Waals surface area contributed by atoms with Crippen molar-refractivity contribution in [1.29, 1.82) is 5.26 Å². The van der Waals surface area contributed by atoms with Gasteiger partial charge in [0.2, 0.25) is 10.0 Å².